The molecule has 3 aromatic rings. The number of aliphatic imine (C=N–C) groups is 1. The number of halogens is 2. The van der Waals surface area contributed by atoms with Gasteiger partial charge in [-0.1, -0.05) is 40.5 Å². The van der Waals surface area contributed by atoms with E-state index in [9.17, 15) is 19.2 Å². The molecule has 0 unspecified atom stereocenters. The number of alkyl carbamates (subject to hydrolysis) is 1. The first-order valence-electron chi connectivity index (χ1n) is 17.3. The van der Waals surface area contributed by atoms with E-state index in [1.54, 1.807) is 72.7 Å². The van der Waals surface area contributed by atoms with Gasteiger partial charge in [0.15, 0.2) is 0 Å². The molecule has 3 N–H and O–H groups in total. The maximum atomic E-state index is 13.7. The number of rotatable bonds is 0. The zero-order valence-electron chi connectivity index (χ0n) is 31.4. The van der Waals surface area contributed by atoms with Crippen molar-refractivity contribution in [3.05, 3.63) is 75.5 Å². The molecule has 16 heteroatoms. The zero-order valence-corrected chi connectivity index (χ0v) is 32.9. The number of aromatic nitrogens is 1. The summed E-state index contributed by atoms with van der Waals surface area (Å²) in [7, 11) is 0. The summed E-state index contributed by atoms with van der Waals surface area (Å²) in [6, 6.07) is 10.1. The van der Waals surface area contributed by atoms with Crippen LogP contribution in [0.15, 0.2) is 58.1 Å². The van der Waals surface area contributed by atoms with E-state index in [4.69, 9.17) is 41.9 Å². The summed E-state index contributed by atoms with van der Waals surface area (Å²) in [5.41, 5.74) is -0.00942. The van der Waals surface area contributed by atoms with Crippen LogP contribution in [-0.4, -0.2) is 70.9 Å². The number of ether oxygens (including phenoxy) is 3. The van der Waals surface area contributed by atoms with Crippen LogP contribution in [0.5, 0.6) is 5.75 Å². The Labute approximate surface area is 324 Å². The van der Waals surface area contributed by atoms with E-state index >= 15 is 0 Å². The third kappa shape index (κ3) is 12.8. The number of nitrogens with one attached hydrogen (secondary N) is 3. The van der Waals surface area contributed by atoms with Crippen molar-refractivity contribution in [3.63, 3.8) is 0 Å². The van der Waals surface area contributed by atoms with Crippen LogP contribution in [0, 0.1) is 6.92 Å². The third-order valence-corrected chi connectivity index (χ3v) is 8.00. The van der Waals surface area contributed by atoms with E-state index in [-0.39, 0.29) is 58.3 Å². The molecule has 3 aliphatic rings. The van der Waals surface area contributed by atoms with Gasteiger partial charge in [0, 0.05) is 12.1 Å². The highest BCUT2D eigenvalue weighted by Gasteiger charge is 2.26. The van der Waals surface area contributed by atoms with Crippen molar-refractivity contribution in [3.8, 4) is 17.0 Å². The summed E-state index contributed by atoms with van der Waals surface area (Å²) in [6.45, 7) is 12.1. The minimum atomic E-state index is -0.862. The normalized spacial score (nSPS) is 15.3. The van der Waals surface area contributed by atoms with Crippen molar-refractivity contribution >= 4 is 58.8 Å². The Bertz CT molecular complexity index is 1870. The Hall–Kier alpha value is -5.08. The van der Waals surface area contributed by atoms with Gasteiger partial charge in [-0.2, -0.15) is 0 Å². The number of amides is 4. The van der Waals surface area contributed by atoms with Gasteiger partial charge in [-0.25, -0.2) is 14.6 Å². The van der Waals surface area contributed by atoms with E-state index in [1.807, 2.05) is 12.2 Å². The summed E-state index contributed by atoms with van der Waals surface area (Å²) in [5, 5.41) is 12.1. The molecule has 1 aromatic heterocycles. The number of hydrogen-bond donors (Lipinski definition) is 3. The lowest BCUT2D eigenvalue weighted by molar-refractivity contribution is -0.117. The molecule has 54 heavy (non-hydrogen) atoms. The summed E-state index contributed by atoms with van der Waals surface area (Å²) < 4.78 is 22.2. The summed E-state index contributed by atoms with van der Waals surface area (Å²) >= 11 is 13.2. The van der Waals surface area contributed by atoms with Crippen molar-refractivity contribution < 1.29 is 37.9 Å². The number of fused-ring (bicyclic) bond motifs is 2. The monoisotopic (exact) mass is 784 g/mol. The quantitative estimate of drug-likeness (QED) is 0.191. The summed E-state index contributed by atoms with van der Waals surface area (Å²) in [4.78, 5) is 58.5. The number of allylic oxidation sites excluding steroid dienone is 1. The Morgan fingerprint density at radius 3 is 2.24 bits per heavy atom. The van der Waals surface area contributed by atoms with Gasteiger partial charge in [0.1, 0.15) is 47.1 Å². The highest BCUT2D eigenvalue weighted by molar-refractivity contribution is 6.40. The molecule has 0 atom stereocenters. The molecule has 6 rings (SSSR count). The topological polar surface area (TPSA) is 174 Å². The molecule has 0 saturated heterocycles. The van der Waals surface area contributed by atoms with Gasteiger partial charge in [-0.15, -0.1) is 0 Å². The lowest BCUT2D eigenvalue weighted by Crippen LogP contribution is -2.46. The molecule has 290 valence electrons. The van der Waals surface area contributed by atoms with E-state index in [0.717, 1.165) is 12.8 Å². The molecule has 0 radical (unpaired) electrons. The van der Waals surface area contributed by atoms with Gasteiger partial charge < -0.3 is 24.1 Å². The van der Waals surface area contributed by atoms with Crippen molar-refractivity contribution in [2.75, 3.05) is 25.0 Å². The van der Waals surface area contributed by atoms with E-state index in [1.165, 1.54) is 17.0 Å². The van der Waals surface area contributed by atoms with Crippen molar-refractivity contribution in [2.45, 2.75) is 85.5 Å². The number of hydrogen-bond acceptors (Lipinski definition) is 10. The van der Waals surface area contributed by atoms with Crippen LogP contribution in [0.3, 0.4) is 0 Å². The van der Waals surface area contributed by atoms with Crippen molar-refractivity contribution in [1.82, 2.24) is 20.7 Å². The smallest absolute Gasteiger partial charge is 0.414 e. The second-order valence-corrected chi connectivity index (χ2v) is 15.2. The fourth-order valence-corrected chi connectivity index (χ4v) is 5.67. The molecule has 4 bridgehead atoms. The van der Waals surface area contributed by atoms with Crippen LogP contribution < -0.4 is 20.7 Å². The molecule has 14 nitrogen and oxygen atoms in total. The standard InChI is InChI=1S/C38H46Cl2N6O8/c1-23-30-31(45-54-23)25-13-15-26(16-14-25)51-18-12-10-8-9-11-17-46(36(50)53-38(5,6)7)22-29(47)42-32-27(39)19-24(20-28(32)40)21-41-34(43-33(30)48)44-35(49)52-37(2,3)4/h10,12-16,19-20H,8-9,11,17-18,21-22H2,1-7H3,(H,42,47)(H2,41,43,44,48,49). The van der Waals surface area contributed by atoms with Crippen LogP contribution in [0.2, 0.25) is 10.0 Å². The van der Waals surface area contributed by atoms with E-state index in [0.29, 0.717) is 29.9 Å². The Morgan fingerprint density at radius 2 is 1.59 bits per heavy atom. The van der Waals surface area contributed by atoms with E-state index in [2.05, 4.69) is 26.1 Å². The van der Waals surface area contributed by atoms with Crippen LogP contribution in [-0.2, 0) is 20.8 Å². The highest BCUT2D eigenvalue weighted by atomic mass is 35.5. The van der Waals surface area contributed by atoms with Gasteiger partial charge in [-0.3, -0.25) is 25.1 Å². The minimum Gasteiger partial charge on any atom is -0.490 e. The molecular weight excluding hydrogens is 739 g/mol. The van der Waals surface area contributed by atoms with Gasteiger partial charge in [0.05, 0.1) is 22.3 Å². The molecule has 2 aromatic carbocycles. The molecular formula is C38H46Cl2N6O8. The number of nitrogens with zero attached hydrogens (tertiary/aromatic N) is 3. The molecule has 4 amide bonds. The Balaban J connectivity index is 1.67. The molecule has 4 heterocycles. The van der Waals surface area contributed by atoms with Crippen molar-refractivity contribution in [2.24, 2.45) is 4.99 Å². The third-order valence-electron chi connectivity index (χ3n) is 7.40. The fourth-order valence-electron chi connectivity index (χ4n) is 5.04. The maximum absolute atomic E-state index is 13.7. The van der Waals surface area contributed by atoms with Crippen LogP contribution >= 0.6 is 23.2 Å². The molecule has 0 spiro atoms. The second kappa shape index (κ2) is 18.3. The number of benzene rings is 2. The fraction of sp³-hybridized carbons (Fsp3) is 0.421. The summed E-state index contributed by atoms with van der Waals surface area (Å²) in [5.74, 6) is -0.591. The maximum Gasteiger partial charge on any atom is 0.414 e. The van der Waals surface area contributed by atoms with Gasteiger partial charge in [-0.05, 0) is 110 Å². The average Bonchev–Trinajstić information content (AvgIpc) is 3.45. The van der Waals surface area contributed by atoms with Gasteiger partial charge in [0.2, 0.25) is 11.9 Å². The Kier molecular flexibility index (Phi) is 14.1. The number of carbonyl (C=O) groups is 4. The predicted molar refractivity (Wildman–Crippen MR) is 206 cm³/mol. The highest BCUT2D eigenvalue weighted by Crippen LogP contribution is 2.32. The van der Waals surface area contributed by atoms with Crippen LogP contribution in [0.25, 0.3) is 11.3 Å². The molecule has 0 fully saturated rings. The number of aryl methyl sites for hydroxylation is 1. The molecule has 0 aliphatic carbocycles. The van der Waals surface area contributed by atoms with Gasteiger partial charge in [0.25, 0.3) is 5.91 Å². The second-order valence-electron chi connectivity index (χ2n) is 14.4. The SMILES string of the molecule is Cc1onc2c1C(=O)NC(NC(=O)OC(C)(C)C)=NCc1cc(Cl)c(c(Cl)c1)NC(=O)CN(C(=O)OC(C)(C)C)CCCCC=CCOc1ccc-2cc1. The average molecular weight is 786 g/mol. The first-order valence-corrected chi connectivity index (χ1v) is 18.1. The number of guanidine groups is 1. The predicted octanol–water partition coefficient (Wildman–Crippen LogP) is 8.06. The van der Waals surface area contributed by atoms with Crippen LogP contribution in [0.1, 0.15) is 82.5 Å². The lowest BCUT2D eigenvalue weighted by Gasteiger charge is -2.27. The zero-order chi connectivity index (χ0) is 39.6. The Morgan fingerprint density at radius 1 is 0.926 bits per heavy atom. The van der Waals surface area contributed by atoms with Crippen LogP contribution in [0.4, 0.5) is 15.3 Å². The first-order chi connectivity index (χ1) is 25.4. The molecule has 0 saturated carbocycles. The van der Waals surface area contributed by atoms with Gasteiger partial charge >= 0.3 is 12.2 Å². The van der Waals surface area contributed by atoms with Crippen molar-refractivity contribution in [1.29, 1.82) is 0 Å². The minimum absolute atomic E-state index is 0.0967. The molecule has 3 aliphatic heterocycles. The summed E-state index contributed by atoms with van der Waals surface area (Å²) in [6.07, 6.45) is 4.48. The number of anilines is 1. The largest absolute Gasteiger partial charge is 0.490 e. The van der Waals surface area contributed by atoms with E-state index < -0.39 is 35.2 Å². The lowest BCUT2D eigenvalue weighted by atomic mass is 10.1. The number of carbonyl (C=O) groups excluding carboxylic acids is 4. The first kappa shape index (κ1) is 41.7.